The molecule has 1 saturated heterocycles. The summed E-state index contributed by atoms with van der Waals surface area (Å²) < 4.78 is 5.45. The molecule has 0 radical (unpaired) electrons. The van der Waals surface area contributed by atoms with Crippen molar-refractivity contribution in [1.29, 1.82) is 0 Å². The summed E-state index contributed by atoms with van der Waals surface area (Å²) in [5.74, 6) is -1.03. The molecule has 0 aliphatic carbocycles. The summed E-state index contributed by atoms with van der Waals surface area (Å²) in [6.45, 7) is 1.27. The minimum Gasteiger partial charge on any atom is -0.481 e. The molecule has 0 aromatic heterocycles. The summed E-state index contributed by atoms with van der Waals surface area (Å²) in [6, 6.07) is -0.255. The highest BCUT2D eigenvalue weighted by Crippen LogP contribution is 2.13. The van der Waals surface area contributed by atoms with Gasteiger partial charge in [-0.25, -0.2) is 4.79 Å². The molecule has 0 unspecified atom stereocenters. The van der Waals surface area contributed by atoms with E-state index in [4.69, 9.17) is 9.84 Å². The zero-order valence-corrected chi connectivity index (χ0v) is 12.5. The molecule has 2 N–H and O–H groups in total. The molecule has 1 aliphatic rings. The van der Waals surface area contributed by atoms with Gasteiger partial charge in [-0.1, -0.05) is 0 Å². The Balaban J connectivity index is 2.21. The normalized spacial score (nSPS) is 15.6. The third-order valence-electron chi connectivity index (χ3n) is 3.29. The van der Waals surface area contributed by atoms with E-state index in [-0.39, 0.29) is 37.6 Å². The molecule has 0 aromatic carbocycles. The van der Waals surface area contributed by atoms with E-state index in [1.165, 1.54) is 4.90 Å². The van der Waals surface area contributed by atoms with Crippen LogP contribution in [0, 0.1) is 0 Å². The predicted molar refractivity (Wildman–Crippen MR) is 74.9 cm³/mol. The Hall–Kier alpha value is -1.83. The van der Waals surface area contributed by atoms with Gasteiger partial charge in [-0.15, -0.1) is 0 Å². The van der Waals surface area contributed by atoms with Gasteiger partial charge in [0, 0.05) is 27.2 Å². The maximum Gasteiger partial charge on any atom is 0.317 e. The van der Waals surface area contributed by atoms with Crippen LogP contribution < -0.4 is 5.32 Å². The van der Waals surface area contributed by atoms with Crippen LogP contribution in [0.2, 0.25) is 0 Å². The van der Waals surface area contributed by atoms with Crippen molar-refractivity contribution >= 4 is 17.9 Å². The van der Waals surface area contributed by atoms with Crippen LogP contribution in [0.1, 0.15) is 19.3 Å². The third kappa shape index (κ3) is 6.44. The molecule has 1 rings (SSSR count). The molecule has 120 valence electrons. The second-order valence-electron chi connectivity index (χ2n) is 5.15. The lowest BCUT2D eigenvalue weighted by Crippen LogP contribution is -2.48. The van der Waals surface area contributed by atoms with Gasteiger partial charge in [-0.3, -0.25) is 9.59 Å². The van der Waals surface area contributed by atoms with Crippen LogP contribution in [0.25, 0.3) is 0 Å². The van der Waals surface area contributed by atoms with Crippen LogP contribution >= 0.6 is 0 Å². The number of hydrogen-bond acceptors (Lipinski definition) is 4. The van der Waals surface area contributed by atoms with Crippen molar-refractivity contribution in [2.45, 2.75) is 25.4 Å². The molecule has 0 aromatic rings. The van der Waals surface area contributed by atoms with E-state index in [1.54, 1.807) is 19.0 Å². The van der Waals surface area contributed by atoms with Crippen molar-refractivity contribution in [3.05, 3.63) is 0 Å². The number of carboxylic acids is 1. The number of carboxylic acid groups (broad SMARTS) is 1. The fourth-order valence-corrected chi connectivity index (χ4v) is 1.96. The van der Waals surface area contributed by atoms with Crippen molar-refractivity contribution < 1.29 is 24.2 Å². The van der Waals surface area contributed by atoms with E-state index in [0.29, 0.717) is 25.9 Å². The minimum atomic E-state index is -0.877. The number of likely N-dealkylation sites (tertiary alicyclic amines) is 1. The Morgan fingerprint density at radius 2 is 1.90 bits per heavy atom. The SMILES string of the molecule is CN(C)C(=O)CNC(=O)N1CCC(OCCC(=O)O)CC1. The smallest absolute Gasteiger partial charge is 0.317 e. The number of amides is 3. The van der Waals surface area contributed by atoms with Gasteiger partial charge in [0.2, 0.25) is 5.91 Å². The third-order valence-corrected chi connectivity index (χ3v) is 3.29. The lowest BCUT2D eigenvalue weighted by atomic mass is 10.1. The summed E-state index contributed by atoms with van der Waals surface area (Å²) in [7, 11) is 3.27. The fourth-order valence-electron chi connectivity index (χ4n) is 1.96. The number of rotatable bonds is 6. The molecule has 8 heteroatoms. The first-order valence-electron chi connectivity index (χ1n) is 6.96. The molecule has 0 spiro atoms. The van der Waals surface area contributed by atoms with E-state index in [1.807, 2.05) is 0 Å². The average molecular weight is 301 g/mol. The number of nitrogens with zero attached hydrogens (tertiary/aromatic N) is 2. The second-order valence-corrected chi connectivity index (χ2v) is 5.15. The minimum absolute atomic E-state index is 0.00296. The van der Waals surface area contributed by atoms with Gasteiger partial charge in [0.1, 0.15) is 0 Å². The molecule has 0 atom stereocenters. The van der Waals surface area contributed by atoms with Crippen LogP contribution in [0.4, 0.5) is 4.79 Å². The van der Waals surface area contributed by atoms with Gasteiger partial charge in [0.05, 0.1) is 25.7 Å². The van der Waals surface area contributed by atoms with Crippen molar-refractivity contribution in [2.75, 3.05) is 40.3 Å². The monoisotopic (exact) mass is 301 g/mol. The molecule has 21 heavy (non-hydrogen) atoms. The van der Waals surface area contributed by atoms with Gasteiger partial charge in [0.25, 0.3) is 0 Å². The van der Waals surface area contributed by atoms with Crippen LogP contribution in [0.15, 0.2) is 0 Å². The van der Waals surface area contributed by atoms with E-state index in [0.717, 1.165) is 0 Å². The second kappa shape index (κ2) is 8.46. The molecule has 8 nitrogen and oxygen atoms in total. The highest BCUT2D eigenvalue weighted by Gasteiger charge is 2.23. The standard InChI is InChI=1S/C13H23N3O5/c1-15(2)11(17)9-14-13(20)16-6-3-10(4-7-16)21-8-5-12(18)19/h10H,3-9H2,1-2H3,(H,14,20)(H,18,19). The molecule has 0 bridgehead atoms. The van der Waals surface area contributed by atoms with Gasteiger partial charge in [0.15, 0.2) is 0 Å². The number of aliphatic carboxylic acids is 1. The summed E-state index contributed by atoms with van der Waals surface area (Å²) in [6.07, 6.45) is 1.34. The molecule has 1 fully saturated rings. The van der Waals surface area contributed by atoms with Gasteiger partial charge in [-0.05, 0) is 12.8 Å². The first-order chi connectivity index (χ1) is 9.90. The molecular formula is C13H23N3O5. The number of carbonyl (C=O) groups excluding carboxylic acids is 2. The van der Waals surface area contributed by atoms with Crippen molar-refractivity contribution in [3.8, 4) is 0 Å². The van der Waals surface area contributed by atoms with Crippen LogP contribution in [-0.4, -0.2) is 79.3 Å². The van der Waals surface area contributed by atoms with Crippen molar-refractivity contribution in [1.82, 2.24) is 15.1 Å². The number of urea groups is 1. The number of piperidine rings is 1. The van der Waals surface area contributed by atoms with Crippen molar-refractivity contribution in [3.63, 3.8) is 0 Å². The highest BCUT2D eigenvalue weighted by atomic mass is 16.5. The maximum absolute atomic E-state index is 11.9. The maximum atomic E-state index is 11.9. The zero-order valence-electron chi connectivity index (χ0n) is 12.5. The van der Waals surface area contributed by atoms with Gasteiger partial charge in [-0.2, -0.15) is 0 Å². The van der Waals surface area contributed by atoms with Crippen LogP contribution in [-0.2, 0) is 14.3 Å². The molecular weight excluding hydrogens is 278 g/mol. The van der Waals surface area contributed by atoms with Crippen molar-refractivity contribution in [2.24, 2.45) is 0 Å². The van der Waals surface area contributed by atoms with Gasteiger partial charge >= 0.3 is 12.0 Å². The zero-order chi connectivity index (χ0) is 15.8. The predicted octanol–water partition coefficient (Wildman–Crippen LogP) is -0.260. The summed E-state index contributed by atoms with van der Waals surface area (Å²) in [5, 5.41) is 11.1. The Morgan fingerprint density at radius 3 is 2.43 bits per heavy atom. The van der Waals surface area contributed by atoms with Crippen LogP contribution in [0.3, 0.4) is 0 Å². The Morgan fingerprint density at radius 1 is 1.29 bits per heavy atom. The molecule has 1 heterocycles. The number of hydrogen-bond donors (Lipinski definition) is 2. The van der Waals surface area contributed by atoms with E-state index >= 15 is 0 Å². The number of nitrogens with one attached hydrogen (secondary N) is 1. The average Bonchev–Trinajstić information content (AvgIpc) is 2.44. The quantitative estimate of drug-likeness (QED) is 0.704. The molecule has 1 aliphatic heterocycles. The Kier molecular flexibility index (Phi) is 6.93. The van der Waals surface area contributed by atoms with E-state index < -0.39 is 5.97 Å². The van der Waals surface area contributed by atoms with E-state index in [2.05, 4.69) is 5.32 Å². The number of likely N-dealkylation sites (N-methyl/N-ethyl adjacent to an activating group) is 1. The lowest BCUT2D eigenvalue weighted by molar-refractivity contribution is -0.138. The molecule has 3 amide bonds. The van der Waals surface area contributed by atoms with Gasteiger partial charge < -0.3 is 25.0 Å². The Labute approximate surface area is 124 Å². The highest BCUT2D eigenvalue weighted by molar-refractivity contribution is 5.83. The summed E-state index contributed by atoms with van der Waals surface area (Å²) >= 11 is 0. The summed E-state index contributed by atoms with van der Waals surface area (Å²) in [5.41, 5.74) is 0. The first-order valence-corrected chi connectivity index (χ1v) is 6.96. The molecule has 0 saturated carbocycles. The first kappa shape index (κ1) is 17.2. The number of carbonyl (C=O) groups is 3. The number of ether oxygens (including phenoxy) is 1. The van der Waals surface area contributed by atoms with Crippen LogP contribution in [0.5, 0.6) is 0 Å². The largest absolute Gasteiger partial charge is 0.481 e. The fraction of sp³-hybridized carbons (Fsp3) is 0.769. The lowest BCUT2D eigenvalue weighted by Gasteiger charge is -2.31. The topological polar surface area (TPSA) is 99.2 Å². The summed E-state index contributed by atoms with van der Waals surface area (Å²) in [4.78, 5) is 36.7. The van der Waals surface area contributed by atoms with E-state index in [9.17, 15) is 14.4 Å². The Bertz CT molecular complexity index is 378.